The number of Topliss-reactive ketones (excluding diaryl/α,β-unsaturated/α-hetero) is 1. The van der Waals surface area contributed by atoms with E-state index in [-0.39, 0.29) is 34.7 Å². The molecule has 0 saturated carbocycles. The highest BCUT2D eigenvalue weighted by Crippen LogP contribution is 2.44. The van der Waals surface area contributed by atoms with E-state index < -0.39 is 30.4 Å². The van der Waals surface area contributed by atoms with Crippen LogP contribution in [0.4, 0.5) is 13.8 Å². The Balaban J connectivity index is 2.33. The number of carboxylic acid groups (broad SMARTS) is 1. The fourth-order valence-corrected chi connectivity index (χ4v) is 3.68. The number of halogens is 2. The van der Waals surface area contributed by atoms with E-state index in [9.17, 15) is 23.6 Å². The number of hydrogen-bond donors (Lipinski definition) is 2. The average molecular weight is 330 g/mol. The van der Waals surface area contributed by atoms with E-state index in [1.807, 2.05) is 6.07 Å². The van der Waals surface area contributed by atoms with Crippen LogP contribution in [0.25, 0.3) is 0 Å². The van der Waals surface area contributed by atoms with Crippen LogP contribution in [0, 0.1) is 16.7 Å². The molecule has 0 bridgehead atoms. The molecular weight excluding hydrogens is 318 g/mol. The van der Waals surface area contributed by atoms with Gasteiger partial charge in [-0.2, -0.15) is 14.0 Å². The number of ketones is 1. The van der Waals surface area contributed by atoms with Crippen molar-refractivity contribution in [3.63, 3.8) is 0 Å². The zero-order valence-corrected chi connectivity index (χ0v) is 12.1. The number of nitrogens with zero attached hydrogens (tertiary/aromatic N) is 1. The second kappa shape index (κ2) is 5.98. The third kappa shape index (κ3) is 2.67. The van der Waals surface area contributed by atoms with Gasteiger partial charge in [0.05, 0.1) is 23.1 Å². The van der Waals surface area contributed by atoms with Gasteiger partial charge < -0.3 is 15.6 Å². The molecule has 0 amide bonds. The van der Waals surface area contributed by atoms with Crippen LogP contribution >= 0.6 is 11.3 Å². The summed E-state index contributed by atoms with van der Waals surface area (Å²) in [5, 5.41) is 18.5. The maximum atomic E-state index is 12.5. The molecule has 1 aliphatic rings. The number of aromatic carboxylic acids is 1. The quantitative estimate of drug-likeness (QED) is 0.856. The lowest BCUT2D eigenvalue weighted by Crippen LogP contribution is -2.35. The summed E-state index contributed by atoms with van der Waals surface area (Å²) in [6.07, 6.45) is 0.0589. The molecule has 22 heavy (non-hydrogen) atoms. The van der Waals surface area contributed by atoms with Gasteiger partial charge in [-0.1, -0.05) is 0 Å². The lowest BCUT2D eigenvalue weighted by molar-refractivity contribution is -0.132. The van der Waals surface area contributed by atoms with E-state index in [0.717, 1.165) is 11.3 Å². The predicted molar refractivity (Wildman–Crippen MR) is 73.0 cm³/mol. The molecule has 0 aromatic carbocycles. The smallest absolute Gasteiger partial charge is 0.345 e. The molecule has 0 fully saturated rings. The maximum Gasteiger partial charge on any atom is 0.345 e. The Morgan fingerprint density at radius 2 is 2.27 bits per heavy atom. The third-order valence-corrected chi connectivity index (χ3v) is 4.74. The van der Waals surface area contributed by atoms with Crippen molar-refractivity contribution in [2.45, 2.75) is 25.9 Å². The van der Waals surface area contributed by atoms with E-state index in [0.29, 0.717) is 5.56 Å². The maximum absolute atomic E-state index is 12.5. The molecule has 6 nitrogen and oxygen atoms in total. The van der Waals surface area contributed by atoms with Gasteiger partial charge in [0, 0.05) is 0 Å². The van der Waals surface area contributed by atoms with Crippen molar-refractivity contribution in [1.82, 2.24) is 0 Å². The normalized spacial score (nSPS) is 20.7. The number of carboxylic acids is 1. The number of nitriles is 1. The van der Waals surface area contributed by atoms with Gasteiger partial charge in [-0.05, 0) is 24.8 Å². The van der Waals surface area contributed by atoms with Gasteiger partial charge in [0.2, 0.25) is 0 Å². The lowest BCUT2D eigenvalue weighted by Gasteiger charge is -2.29. The molecule has 0 spiro atoms. The van der Waals surface area contributed by atoms with Crippen LogP contribution in [-0.4, -0.2) is 30.1 Å². The number of fused-ring (bicyclic) bond motifs is 1. The first-order chi connectivity index (χ1) is 10.3. The summed E-state index contributed by atoms with van der Waals surface area (Å²) >= 11 is 0.818. The molecule has 1 aliphatic carbocycles. The Labute approximate surface area is 128 Å². The highest BCUT2D eigenvalue weighted by Gasteiger charge is 2.45. The number of rotatable bonds is 5. The standard InChI is InChI=1S/C13H12F2N2O4S/c14-12(15)21-4-3-13(5-16)2-1-6-7(11(19)20)10(17)22-8(6)9(13)18/h12H,1-4,17H2,(H,19,20). The molecule has 1 unspecified atom stereocenters. The number of anilines is 1. The first kappa shape index (κ1) is 16.3. The van der Waals surface area contributed by atoms with Crippen LogP contribution < -0.4 is 5.73 Å². The molecule has 1 atom stereocenters. The number of ether oxygens (including phenoxy) is 1. The molecule has 0 aliphatic heterocycles. The largest absolute Gasteiger partial charge is 0.478 e. The van der Waals surface area contributed by atoms with Gasteiger partial charge in [0.25, 0.3) is 0 Å². The van der Waals surface area contributed by atoms with Crippen molar-refractivity contribution < 1.29 is 28.2 Å². The summed E-state index contributed by atoms with van der Waals surface area (Å²) in [6.45, 7) is -3.40. The zero-order chi connectivity index (χ0) is 16.5. The van der Waals surface area contributed by atoms with Crippen LogP contribution in [0.3, 0.4) is 0 Å². The second-order valence-corrected chi connectivity index (χ2v) is 5.91. The van der Waals surface area contributed by atoms with Gasteiger partial charge in [-0.3, -0.25) is 4.79 Å². The van der Waals surface area contributed by atoms with E-state index in [1.165, 1.54) is 0 Å². The number of nitrogens with two attached hydrogens (primary N) is 1. The fourth-order valence-electron chi connectivity index (χ4n) is 2.53. The zero-order valence-electron chi connectivity index (χ0n) is 11.3. The van der Waals surface area contributed by atoms with Crippen molar-refractivity contribution in [3.05, 3.63) is 16.0 Å². The molecule has 2 rings (SSSR count). The Bertz CT molecular complexity index is 668. The van der Waals surface area contributed by atoms with Crippen molar-refractivity contribution >= 4 is 28.1 Å². The summed E-state index contributed by atoms with van der Waals surface area (Å²) in [5.74, 6) is -1.80. The number of carbonyl (C=O) groups is 2. The predicted octanol–water partition coefficient (Wildman–Crippen LogP) is 2.30. The Hall–Kier alpha value is -2.05. The van der Waals surface area contributed by atoms with Crippen LogP contribution in [0.1, 0.15) is 38.4 Å². The van der Waals surface area contributed by atoms with Crippen molar-refractivity contribution in [2.75, 3.05) is 12.3 Å². The van der Waals surface area contributed by atoms with Gasteiger partial charge >= 0.3 is 12.6 Å². The lowest BCUT2D eigenvalue weighted by atomic mass is 9.72. The van der Waals surface area contributed by atoms with Crippen molar-refractivity contribution in [2.24, 2.45) is 5.41 Å². The van der Waals surface area contributed by atoms with Crippen molar-refractivity contribution in [3.8, 4) is 6.07 Å². The molecule has 1 aromatic heterocycles. The minimum Gasteiger partial charge on any atom is -0.478 e. The molecule has 0 radical (unpaired) electrons. The first-order valence-corrected chi connectivity index (χ1v) is 7.14. The first-order valence-electron chi connectivity index (χ1n) is 6.32. The Morgan fingerprint density at radius 1 is 1.59 bits per heavy atom. The van der Waals surface area contributed by atoms with Gasteiger partial charge in [0.15, 0.2) is 5.78 Å². The highest BCUT2D eigenvalue weighted by molar-refractivity contribution is 7.18. The van der Waals surface area contributed by atoms with Gasteiger partial charge in [-0.15, -0.1) is 11.3 Å². The van der Waals surface area contributed by atoms with E-state index >= 15 is 0 Å². The van der Waals surface area contributed by atoms with E-state index in [2.05, 4.69) is 4.74 Å². The summed E-state index contributed by atoms with van der Waals surface area (Å²) in [4.78, 5) is 23.8. The second-order valence-electron chi connectivity index (χ2n) is 4.86. The molecule has 0 saturated heterocycles. The summed E-state index contributed by atoms with van der Waals surface area (Å²) in [6, 6.07) is 1.88. The van der Waals surface area contributed by atoms with Crippen LogP contribution in [0.2, 0.25) is 0 Å². The fraction of sp³-hybridized carbons (Fsp3) is 0.462. The van der Waals surface area contributed by atoms with Gasteiger partial charge in [-0.25, -0.2) is 4.79 Å². The molecule has 9 heteroatoms. The van der Waals surface area contributed by atoms with Crippen molar-refractivity contribution in [1.29, 1.82) is 5.26 Å². The van der Waals surface area contributed by atoms with Crippen LogP contribution in [0.5, 0.6) is 0 Å². The minimum atomic E-state index is -2.97. The number of thiophene rings is 1. The molecular formula is C13H12F2N2O4S. The summed E-state index contributed by atoms with van der Waals surface area (Å²) in [5.41, 5.74) is 4.37. The van der Waals surface area contributed by atoms with E-state index in [4.69, 9.17) is 10.8 Å². The molecule has 118 valence electrons. The Kier molecular flexibility index (Phi) is 4.44. The highest BCUT2D eigenvalue weighted by atomic mass is 32.1. The minimum absolute atomic E-state index is 0.00317. The molecule has 1 aromatic rings. The molecule has 1 heterocycles. The summed E-state index contributed by atoms with van der Waals surface area (Å²) < 4.78 is 28.2. The summed E-state index contributed by atoms with van der Waals surface area (Å²) in [7, 11) is 0. The number of nitrogen functional groups attached to an aromatic ring is 1. The topological polar surface area (TPSA) is 113 Å². The van der Waals surface area contributed by atoms with Gasteiger partial charge in [0.1, 0.15) is 10.4 Å². The number of hydrogen-bond acceptors (Lipinski definition) is 6. The van der Waals surface area contributed by atoms with Crippen LogP contribution in [-0.2, 0) is 11.2 Å². The third-order valence-electron chi connectivity index (χ3n) is 3.68. The van der Waals surface area contributed by atoms with Crippen LogP contribution in [0.15, 0.2) is 0 Å². The average Bonchev–Trinajstić information content (AvgIpc) is 2.78. The number of alkyl halides is 2. The Morgan fingerprint density at radius 3 is 2.82 bits per heavy atom. The number of carbonyl (C=O) groups excluding carboxylic acids is 1. The monoisotopic (exact) mass is 330 g/mol. The van der Waals surface area contributed by atoms with E-state index in [1.54, 1.807) is 0 Å². The molecule has 3 N–H and O–H groups in total. The SMILES string of the molecule is N#CC1(CCOC(F)F)CCc2c(sc(N)c2C(=O)O)C1=O.